The summed E-state index contributed by atoms with van der Waals surface area (Å²) in [5.74, 6) is -2.00. The molecule has 2 aromatic carbocycles. The summed E-state index contributed by atoms with van der Waals surface area (Å²) in [6.07, 6.45) is -0.173. The largest absolute Gasteiger partial charge is 0.344 e. The van der Waals surface area contributed by atoms with Gasteiger partial charge in [0.15, 0.2) is 15.5 Å². The van der Waals surface area contributed by atoms with E-state index in [0.29, 0.717) is 5.56 Å². The number of carbonyl (C=O) groups excluding carboxylic acids is 1. The molecule has 2 heterocycles. The lowest BCUT2D eigenvalue weighted by Crippen LogP contribution is -2.53. The monoisotopic (exact) mass is 506 g/mol. The zero-order valence-electron chi connectivity index (χ0n) is 18.5. The van der Waals surface area contributed by atoms with E-state index in [1.807, 2.05) is 6.07 Å². The van der Waals surface area contributed by atoms with Crippen LogP contribution >= 0.6 is 11.5 Å². The summed E-state index contributed by atoms with van der Waals surface area (Å²) in [6, 6.07) is 9.63. The van der Waals surface area contributed by atoms with Crippen LogP contribution in [0.1, 0.15) is 52.3 Å². The van der Waals surface area contributed by atoms with Crippen LogP contribution in [-0.4, -0.2) is 41.7 Å². The smallest absolute Gasteiger partial charge is 0.273 e. The van der Waals surface area contributed by atoms with Crippen molar-refractivity contribution in [1.29, 1.82) is 0 Å². The number of sulfone groups is 1. The van der Waals surface area contributed by atoms with Gasteiger partial charge in [-0.05, 0) is 55.1 Å². The van der Waals surface area contributed by atoms with E-state index < -0.39 is 50.0 Å². The molecular weight excluding hydrogens is 482 g/mol. The van der Waals surface area contributed by atoms with Crippen LogP contribution in [0.25, 0.3) is 0 Å². The first-order valence-electron chi connectivity index (χ1n) is 10.7. The Bertz CT molecular complexity index is 1270. The molecule has 4 atom stereocenters. The van der Waals surface area contributed by atoms with Crippen LogP contribution in [0.5, 0.6) is 0 Å². The molecule has 7 nitrogen and oxygen atoms in total. The van der Waals surface area contributed by atoms with Crippen molar-refractivity contribution in [3.8, 4) is 0 Å². The molecule has 0 radical (unpaired) electrons. The van der Waals surface area contributed by atoms with Gasteiger partial charge in [-0.1, -0.05) is 34.8 Å². The van der Waals surface area contributed by atoms with Crippen molar-refractivity contribution in [3.05, 3.63) is 81.9 Å². The Morgan fingerprint density at radius 2 is 1.97 bits per heavy atom. The zero-order chi connectivity index (χ0) is 24.5. The number of nitrogens with zero attached hydrogens (tertiary/aromatic N) is 2. The van der Waals surface area contributed by atoms with Gasteiger partial charge in [-0.2, -0.15) is 0 Å². The second kappa shape index (κ2) is 9.85. The second-order valence-electron chi connectivity index (χ2n) is 8.38. The van der Waals surface area contributed by atoms with Gasteiger partial charge in [-0.3, -0.25) is 4.79 Å². The molecule has 0 aliphatic carbocycles. The molecule has 1 amide bonds. The first-order valence-corrected chi connectivity index (χ1v) is 13.2. The van der Waals surface area contributed by atoms with Crippen LogP contribution in [0.4, 0.5) is 8.78 Å². The van der Waals surface area contributed by atoms with Gasteiger partial charge in [0.2, 0.25) is 0 Å². The Morgan fingerprint density at radius 3 is 2.65 bits per heavy atom. The van der Waals surface area contributed by atoms with Crippen molar-refractivity contribution >= 4 is 27.3 Å². The highest BCUT2D eigenvalue weighted by Crippen LogP contribution is 2.33. The Balaban J connectivity index is 1.56. The summed E-state index contributed by atoms with van der Waals surface area (Å²) >= 11 is 1.00. The molecule has 1 fully saturated rings. The Morgan fingerprint density at radius 1 is 1.24 bits per heavy atom. The topological polar surface area (TPSA) is 101 Å². The Hall–Kier alpha value is -2.76. The van der Waals surface area contributed by atoms with Crippen LogP contribution < -0.4 is 10.6 Å². The fourth-order valence-electron chi connectivity index (χ4n) is 4.22. The summed E-state index contributed by atoms with van der Waals surface area (Å²) in [5, 5.41) is 9.18. The normalized spacial score (nSPS) is 22.8. The molecule has 2 N–H and O–H groups in total. The second-order valence-corrected chi connectivity index (χ2v) is 11.3. The van der Waals surface area contributed by atoms with E-state index in [9.17, 15) is 17.6 Å². The molecule has 1 aliphatic heterocycles. The molecule has 3 aromatic rings. The van der Waals surface area contributed by atoms with Crippen LogP contribution in [0, 0.1) is 11.6 Å². The van der Waals surface area contributed by atoms with E-state index in [1.54, 1.807) is 31.2 Å². The minimum atomic E-state index is -3.68. The molecule has 180 valence electrons. The number of amides is 1. The van der Waals surface area contributed by atoms with Crippen molar-refractivity contribution in [3.63, 3.8) is 0 Å². The highest BCUT2D eigenvalue weighted by atomic mass is 32.2. The van der Waals surface area contributed by atoms with Gasteiger partial charge in [0.1, 0.15) is 11.6 Å². The summed E-state index contributed by atoms with van der Waals surface area (Å²) < 4.78 is 60.4. The van der Waals surface area contributed by atoms with Gasteiger partial charge < -0.3 is 10.6 Å². The number of halogens is 2. The van der Waals surface area contributed by atoms with E-state index in [4.69, 9.17) is 0 Å². The SMILES string of the molecule is CC(NC(=O)c1csnn1)c1cc(F)c(CC2[C@H](C)NC[C@@H](c3ccccc3)S2(=O)=O)cc1F. The number of rotatable bonds is 6. The maximum absolute atomic E-state index is 15.0. The number of carbonyl (C=O) groups is 1. The third-order valence-electron chi connectivity index (χ3n) is 6.17. The maximum atomic E-state index is 15.0. The summed E-state index contributed by atoms with van der Waals surface area (Å²) in [6.45, 7) is 3.51. The molecule has 1 aliphatic rings. The first-order chi connectivity index (χ1) is 16.2. The van der Waals surface area contributed by atoms with Crippen LogP contribution in [0.2, 0.25) is 0 Å². The zero-order valence-corrected chi connectivity index (χ0v) is 20.2. The summed E-state index contributed by atoms with van der Waals surface area (Å²) in [5.41, 5.74) is 0.678. The minimum absolute atomic E-state index is 0.0283. The van der Waals surface area contributed by atoms with E-state index in [2.05, 4.69) is 20.2 Å². The number of aromatic nitrogens is 2. The molecule has 2 unspecified atom stereocenters. The average molecular weight is 507 g/mol. The van der Waals surface area contributed by atoms with E-state index >= 15 is 4.39 Å². The molecule has 1 aromatic heterocycles. The standard InChI is InChI=1S/C23H24F2N4O3S2/c1-13(27-23(30)20-12-33-29-28-20)17-10-18(24)16(8-19(17)25)9-21-14(2)26-11-22(34(21,31)32)15-6-4-3-5-7-15/h3-8,10,12-14,21-22,26H,9,11H2,1-2H3,(H,27,30)/t13?,14-,21?,22-/m0/s1. The van der Waals surface area contributed by atoms with Crippen molar-refractivity contribution in [2.45, 2.75) is 42.9 Å². The first kappa shape index (κ1) is 24.4. The predicted octanol–water partition coefficient (Wildman–Crippen LogP) is 3.37. The fourth-order valence-corrected chi connectivity index (χ4v) is 7.02. The van der Waals surface area contributed by atoms with Crippen LogP contribution in [0.15, 0.2) is 47.8 Å². The third kappa shape index (κ3) is 4.86. The molecule has 0 bridgehead atoms. The summed E-state index contributed by atoms with van der Waals surface area (Å²) in [7, 11) is -3.68. The summed E-state index contributed by atoms with van der Waals surface area (Å²) in [4.78, 5) is 12.2. The molecule has 1 saturated heterocycles. The Kier molecular flexibility index (Phi) is 7.06. The number of benzene rings is 2. The van der Waals surface area contributed by atoms with E-state index in [-0.39, 0.29) is 29.8 Å². The minimum Gasteiger partial charge on any atom is -0.344 e. The fraction of sp³-hybridized carbons (Fsp3) is 0.348. The molecule has 0 saturated carbocycles. The number of hydrogen-bond acceptors (Lipinski definition) is 7. The van der Waals surface area contributed by atoms with Crippen molar-refractivity contribution in [2.75, 3.05) is 6.54 Å². The average Bonchev–Trinajstić information content (AvgIpc) is 3.34. The van der Waals surface area contributed by atoms with Gasteiger partial charge in [0.05, 0.1) is 16.5 Å². The van der Waals surface area contributed by atoms with Gasteiger partial charge in [-0.15, -0.1) is 5.10 Å². The quantitative estimate of drug-likeness (QED) is 0.532. The maximum Gasteiger partial charge on any atom is 0.273 e. The molecular formula is C23H24F2N4O3S2. The van der Waals surface area contributed by atoms with E-state index in [0.717, 1.165) is 23.7 Å². The van der Waals surface area contributed by atoms with E-state index in [1.165, 1.54) is 12.3 Å². The lowest BCUT2D eigenvalue weighted by Gasteiger charge is -2.35. The van der Waals surface area contributed by atoms with Gasteiger partial charge in [0, 0.05) is 23.5 Å². The third-order valence-corrected chi connectivity index (χ3v) is 9.32. The molecule has 4 rings (SSSR count). The van der Waals surface area contributed by atoms with Crippen molar-refractivity contribution in [1.82, 2.24) is 20.2 Å². The number of nitrogens with one attached hydrogen (secondary N) is 2. The number of hydrogen-bond donors (Lipinski definition) is 2. The van der Waals surface area contributed by atoms with Gasteiger partial charge in [-0.25, -0.2) is 17.2 Å². The lowest BCUT2D eigenvalue weighted by atomic mass is 9.99. The van der Waals surface area contributed by atoms with Gasteiger partial charge >= 0.3 is 0 Å². The Labute approximate surface area is 200 Å². The van der Waals surface area contributed by atoms with Crippen LogP contribution in [-0.2, 0) is 16.3 Å². The lowest BCUT2D eigenvalue weighted by molar-refractivity contribution is 0.0934. The van der Waals surface area contributed by atoms with Gasteiger partial charge in [0.25, 0.3) is 5.91 Å². The molecule has 0 spiro atoms. The van der Waals surface area contributed by atoms with Crippen molar-refractivity contribution < 1.29 is 22.0 Å². The highest BCUT2D eigenvalue weighted by molar-refractivity contribution is 7.92. The molecule has 11 heteroatoms. The van der Waals surface area contributed by atoms with Crippen LogP contribution in [0.3, 0.4) is 0 Å². The van der Waals surface area contributed by atoms with Crippen molar-refractivity contribution in [2.24, 2.45) is 0 Å². The highest BCUT2D eigenvalue weighted by Gasteiger charge is 2.42. The predicted molar refractivity (Wildman–Crippen MR) is 125 cm³/mol. The molecule has 34 heavy (non-hydrogen) atoms.